The molecule has 1 aromatic heterocycles. The lowest BCUT2D eigenvalue weighted by atomic mass is 9.69. The lowest BCUT2D eigenvalue weighted by molar-refractivity contribution is 0.0891. The van der Waals surface area contributed by atoms with Gasteiger partial charge in [-0.05, 0) is 59.0 Å². The molecule has 0 spiro atoms. The Morgan fingerprint density at radius 1 is 1.40 bits per heavy atom. The smallest absolute Gasteiger partial charge is 0.255 e. The van der Waals surface area contributed by atoms with Crippen LogP contribution in [0.5, 0.6) is 0 Å². The van der Waals surface area contributed by atoms with E-state index in [2.05, 4.69) is 42.0 Å². The maximum absolute atomic E-state index is 12.1. The summed E-state index contributed by atoms with van der Waals surface area (Å²) in [6, 6.07) is 2.00. The molecule has 0 radical (unpaired) electrons. The third-order valence-electron chi connectivity index (χ3n) is 4.94. The standard InChI is InChI=1S/C16H24BrNO2/c1-4-16(2,3)11-5-7-12(8-6-11)18-15(19)13-9-10-20-14(13)17/h9-12H,4-8H2,1-3H3,(H,18,19). The number of hydrogen-bond donors (Lipinski definition) is 1. The van der Waals surface area contributed by atoms with E-state index in [1.165, 1.54) is 25.5 Å². The molecule has 1 aromatic rings. The molecule has 0 aliphatic heterocycles. The Morgan fingerprint density at radius 3 is 2.55 bits per heavy atom. The van der Waals surface area contributed by atoms with Crippen LogP contribution in [-0.2, 0) is 0 Å². The lowest BCUT2D eigenvalue weighted by Gasteiger charge is -2.39. The predicted octanol–water partition coefficient (Wildman–Crippen LogP) is 4.77. The van der Waals surface area contributed by atoms with E-state index in [0.717, 1.165) is 18.8 Å². The van der Waals surface area contributed by atoms with E-state index >= 15 is 0 Å². The van der Waals surface area contributed by atoms with Crippen LogP contribution < -0.4 is 5.32 Å². The average molecular weight is 342 g/mol. The highest BCUT2D eigenvalue weighted by molar-refractivity contribution is 9.10. The van der Waals surface area contributed by atoms with Crippen molar-refractivity contribution in [2.24, 2.45) is 11.3 Å². The molecule has 2 rings (SSSR count). The number of carbonyl (C=O) groups excluding carboxylic acids is 1. The van der Waals surface area contributed by atoms with Gasteiger partial charge in [-0.25, -0.2) is 0 Å². The molecule has 20 heavy (non-hydrogen) atoms. The number of rotatable bonds is 4. The van der Waals surface area contributed by atoms with Gasteiger partial charge < -0.3 is 9.73 Å². The van der Waals surface area contributed by atoms with Gasteiger partial charge in [0.05, 0.1) is 11.8 Å². The summed E-state index contributed by atoms with van der Waals surface area (Å²) in [6.45, 7) is 6.99. The van der Waals surface area contributed by atoms with Gasteiger partial charge in [-0.1, -0.05) is 27.2 Å². The Balaban J connectivity index is 1.86. The molecule has 0 atom stereocenters. The van der Waals surface area contributed by atoms with Crippen molar-refractivity contribution in [1.29, 1.82) is 0 Å². The molecule has 3 nitrogen and oxygen atoms in total. The zero-order valence-corrected chi connectivity index (χ0v) is 14.1. The normalized spacial score (nSPS) is 23.6. The van der Waals surface area contributed by atoms with Crippen LogP contribution in [0.25, 0.3) is 0 Å². The molecular weight excluding hydrogens is 318 g/mol. The van der Waals surface area contributed by atoms with Crippen LogP contribution in [0.15, 0.2) is 21.4 Å². The van der Waals surface area contributed by atoms with Crippen LogP contribution in [0.4, 0.5) is 0 Å². The topological polar surface area (TPSA) is 42.2 Å². The van der Waals surface area contributed by atoms with Crippen LogP contribution in [0.3, 0.4) is 0 Å². The molecule has 112 valence electrons. The zero-order chi connectivity index (χ0) is 14.8. The van der Waals surface area contributed by atoms with Crippen molar-refractivity contribution < 1.29 is 9.21 Å². The largest absolute Gasteiger partial charge is 0.457 e. The summed E-state index contributed by atoms with van der Waals surface area (Å²) < 4.78 is 5.62. The van der Waals surface area contributed by atoms with E-state index < -0.39 is 0 Å². The first kappa shape index (κ1) is 15.6. The summed E-state index contributed by atoms with van der Waals surface area (Å²) in [5, 5.41) is 3.12. The summed E-state index contributed by atoms with van der Waals surface area (Å²) >= 11 is 3.25. The van der Waals surface area contributed by atoms with Gasteiger partial charge in [-0.2, -0.15) is 0 Å². The van der Waals surface area contributed by atoms with E-state index in [1.54, 1.807) is 6.07 Å². The first-order valence-electron chi connectivity index (χ1n) is 7.48. The highest BCUT2D eigenvalue weighted by Crippen LogP contribution is 2.40. The number of furan rings is 1. The number of hydrogen-bond acceptors (Lipinski definition) is 2. The molecule has 0 saturated heterocycles. The minimum atomic E-state index is -0.0381. The lowest BCUT2D eigenvalue weighted by Crippen LogP contribution is -2.39. The van der Waals surface area contributed by atoms with E-state index in [-0.39, 0.29) is 5.91 Å². The fourth-order valence-corrected chi connectivity index (χ4v) is 3.45. The summed E-state index contributed by atoms with van der Waals surface area (Å²) in [6.07, 6.45) is 7.32. The zero-order valence-electron chi connectivity index (χ0n) is 12.5. The van der Waals surface area contributed by atoms with E-state index in [4.69, 9.17) is 4.42 Å². The first-order valence-corrected chi connectivity index (χ1v) is 8.27. The monoisotopic (exact) mass is 341 g/mol. The van der Waals surface area contributed by atoms with Gasteiger partial charge in [0.15, 0.2) is 4.67 Å². The fourth-order valence-electron chi connectivity index (χ4n) is 3.03. The van der Waals surface area contributed by atoms with Gasteiger partial charge >= 0.3 is 0 Å². The summed E-state index contributed by atoms with van der Waals surface area (Å²) in [7, 11) is 0. The summed E-state index contributed by atoms with van der Waals surface area (Å²) in [5.74, 6) is 0.741. The summed E-state index contributed by atoms with van der Waals surface area (Å²) in [4.78, 5) is 12.1. The molecule has 4 heteroatoms. The second kappa shape index (κ2) is 6.33. The van der Waals surface area contributed by atoms with Crippen LogP contribution >= 0.6 is 15.9 Å². The summed E-state index contributed by atoms with van der Waals surface area (Å²) in [5.41, 5.74) is 1.00. The maximum atomic E-state index is 12.1. The Morgan fingerprint density at radius 2 is 2.05 bits per heavy atom. The molecular formula is C16H24BrNO2. The minimum absolute atomic E-state index is 0.0381. The number of amides is 1. The van der Waals surface area contributed by atoms with Crippen LogP contribution in [-0.4, -0.2) is 11.9 Å². The number of halogens is 1. The van der Waals surface area contributed by atoms with Crippen LogP contribution in [0, 0.1) is 11.3 Å². The SMILES string of the molecule is CCC(C)(C)C1CCC(NC(=O)c2ccoc2Br)CC1. The second-order valence-electron chi connectivity index (χ2n) is 6.47. The van der Waals surface area contributed by atoms with Gasteiger partial charge in [0, 0.05) is 6.04 Å². The van der Waals surface area contributed by atoms with Crippen molar-refractivity contribution in [3.63, 3.8) is 0 Å². The van der Waals surface area contributed by atoms with Crippen molar-refractivity contribution in [1.82, 2.24) is 5.32 Å². The van der Waals surface area contributed by atoms with Crippen molar-refractivity contribution in [3.8, 4) is 0 Å². The van der Waals surface area contributed by atoms with Crippen LogP contribution in [0.1, 0.15) is 63.2 Å². The van der Waals surface area contributed by atoms with E-state index in [0.29, 0.717) is 21.7 Å². The van der Waals surface area contributed by atoms with Gasteiger partial charge in [0.25, 0.3) is 5.91 Å². The maximum Gasteiger partial charge on any atom is 0.255 e. The second-order valence-corrected chi connectivity index (χ2v) is 7.19. The first-order chi connectivity index (χ1) is 9.44. The van der Waals surface area contributed by atoms with Crippen LogP contribution in [0.2, 0.25) is 0 Å². The van der Waals surface area contributed by atoms with Gasteiger partial charge in [0.1, 0.15) is 0 Å². The van der Waals surface area contributed by atoms with Gasteiger partial charge in [0.2, 0.25) is 0 Å². The third kappa shape index (κ3) is 3.46. The quantitative estimate of drug-likeness (QED) is 0.857. The molecule has 1 aliphatic rings. The fraction of sp³-hybridized carbons (Fsp3) is 0.688. The molecule has 1 N–H and O–H groups in total. The van der Waals surface area contributed by atoms with Crippen molar-refractivity contribution in [2.45, 2.75) is 58.9 Å². The highest BCUT2D eigenvalue weighted by Gasteiger charge is 2.32. The molecule has 1 saturated carbocycles. The van der Waals surface area contributed by atoms with Crippen molar-refractivity contribution >= 4 is 21.8 Å². The van der Waals surface area contributed by atoms with Crippen molar-refractivity contribution in [3.05, 3.63) is 22.6 Å². The Labute approximate surface area is 129 Å². The molecule has 0 bridgehead atoms. The van der Waals surface area contributed by atoms with E-state index in [9.17, 15) is 4.79 Å². The highest BCUT2D eigenvalue weighted by atomic mass is 79.9. The Bertz CT molecular complexity index is 459. The van der Waals surface area contributed by atoms with E-state index in [1.807, 2.05) is 0 Å². The molecule has 1 aliphatic carbocycles. The Hall–Kier alpha value is -0.770. The van der Waals surface area contributed by atoms with Gasteiger partial charge in [-0.3, -0.25) is 4.79 Å². The predicted molar refractivity (Wildman–Crippen MR) is 83.7 cm³/mol. The van der Waals surface area contributed by atoms with Crippen molar-refractivity contribution in [2.75, 3.05) is 0 Å². The van der Waals surface area contributed by atoms with Gasteiger partial charge in [-0.15, -0.1) is 0 Å². The molecule has 1 amide bonds. The number of nitrogens with one attached hydrogen (secondary N) is 1. The third-order valence-corrected chi connectivity index (χ3v) is 5.56. The minimum Gasteiger partial charge on any atom is -0.457 e. The molecule has 1 fully saturated rings. The Kier molecular flexibility index (Phi) is 4.95. The molecule has 0 aromatic carbocycles. The molecule has 1 heterocycles. The molecule has 0 unspecified atom stereocenters. The number of carbonyl (C=O) groups is 1. The average Bonchev–Trinajstić information content (AvgIpc) is 2.85.